The van der Waals surface area contributed by atoms with Crippen molar-refractivity contribution in [2.24, 2.45) is 0 Å². The van der Waals surface area contributed by atoms with Crippen molar-refractivity contribution < 1.29 is 17.6 Å². The third-order valence-electron chi connectivity index (χ3n) is 4.11. The van der Waals surface area contributed by atoms with Gasteiger partial charge < -0.3 is 9.73 Å². The summed E-state index contributed by atoms with van der Waals surface area (Å²) in [4.78, 5) is 17.7. The highest BCUT2D eigenvalue weighted by atomic mass is 32.2. The first-order chi connectivity index (χ1) is 13.3. The second-order valence-corrected chi connectivity index (χ2v) is 9.22. The van der Waals surface area contributed by atoms with E-state index in [0.29, 0.717) is 34.3 Å². The second kappa shape index (κ2) is 8.15. The number of nitrogens with one attached hydrogen (secondary N) is 2. The van der Waals surface area contributed by atoms with Crippen molar-refractivity contribution >= 4 is 38.6 Å². The number of oxazole rings is 1. The van der Waals surface area contributed by atoms with Crippen molar-refractivity contribution in [3.8, 4) is 10.8 Å². The van der Waals surface area contributed by atoms with Gasteiger partial charge in [-0.2, -0.15) is 0 Å². The topological polar surface area (TPSA) is 101 Å². The Labute approximate surface area is 167 Å². The molecule has 7 nitrogen and oxygen atoms in total. The Balaban J connectivity index is 1.68. The molecule has 0 unspecified atom stereocenters. The molecule has 0 saturated carbocycles. The van der Waals surface area contributed by atoms with E-state index in [-0.39, 0.29) is 18.1 Å². The Kier molecular flexibility index (Phi) is 5.85. The Bertz CT molecular complexity index is 1090. The summed E-state index contributed by atoms with van der Waals surface area (Å²) in [6.07, 6.45) is 0.0873. The van der Waals surface area contributed by atoms with Crippen LogP contribution in [0.4, 0.5) is 11.4 Å². The van der Waals surface area contributed by atoms with Gasteiger partial charge in [0.2, 0.25) is 21.8 Å². The molecule has 2 heterocycles. The first-order valence-electron chi connectivity index (χ1n) is 8.68. The summed E-state index contributed by atoms with van der Waals surface area (Å²) in [6.45, 7) is 5.13. The summed E-state index contributed by atoms with van der Waals surface area (Å²) < 4.78 is 31.6. The van der Waals surface area contributed by atoms with Crippen LogP contribution in [-0.4, -0.2) is 25.1 Å². The number of nitrogens with zero attached hydrogens (tertiary/aromatic N) is 1. The lowest BCUT2D eigenvalue weighted by Crippen LogP contribution is -2.17. The Morgan fingerprint density at radius 3 is 2.68 bits per heavy atom. The van der Waals surface area contributed by atoms with E-state index in [1.807, 2.05) is 17.5 Å². The lowest BCUT2D eigenvalue weighted by atomic mass is 10.2. The normalized spacial score (nSPS) is 11.4. The minimum atomic E-state index is -3.35. The zero-order chi connectivity index (χ0) is 20.3. The number of hydrogen-bond acceptors (Lipinski definition) is 6. The number of rotatable bonds is 7. The molecular weight excluding hydrogens is 398 g/mol. The van der Waals surface area contributed by atoms with E-state index in [0.717, 1.165) is 4.88 Å². The molecule has 2 aromatic heterocycles. The van der Waals surface area contributed by atoms with Crippen LogP contribution in [-0.2, 0) is 21.2 Å². The quantitative estimate of drug-likeness (QED) is 0.603. The number of sulfonamides is 1. The third-order valence-corrected chi connectivity index (χ3v) is 6.26. The van der Waals surface area contributed by atoms with Gasteiger partial charge in [-0.25, -0.2) is 13.4 Å². The van der Waals surface area contributed by atoms with Gasteiger partial charge in [0, 0.05) is 5.69 Å². The standard InChI is InChI=1S/C19H21N3O4S2/c1-4-28(24,25)22-15-8-7-14(10-12(15)2)20-18(23)11-16-13(3)26-19(21-16)17-6-5-9-27-17/h5-10,22H,4,11H2,1-3H3,(H,20,23). The number of aromatic nitrogens is 1. The molecule has 1 aromatic carbocycles. The van der Waals surface area contributed by atoms with Gasteiger partial charge in [0.15, 0.2) is 0 Å². The summed E-state index contributed by atoms with van der Waals surface area (Å²) in [7, 11) is -3.35. The lowest BCUT2D eigenvalue weighted by Gasteiger charge is -2.11. The molecule has 3 rings (SSSR count). The summed E-state index contributed by atoms with van der Waals surface area (Å²) in [5.74, 6) is 0.892. The number of amides is 1. The van der Waals surface area contributed by atoms with Crippen LogP contribution in [0.1, 0.15) is 23.9 Å². The average molecular weight is 420 g/mol. The number of aryl methyl sites for hydroxylation is 2. The van der Waals surface area contributed by atoms with E-state index in [1.54, 1.807) is 39.0 Å². The van der Waals surface area contributed by atoms with Gasteiger partial charge in [-0.15, -0.1) is 11.3 Å². The molecule has 3 aromatic rings. The second-order valence-electron chi connectivity index (χ2n) is 6.26. The molecule has 0 aliphatic carbocycles. The molecule has 148 valence electrons. The summed E-state index contributed by atoms with van der Waals surface area (Å²) in [5.41, 5.74) is 2.38. The maximum atomic E-state index is 12.4. The molecule has 0 spiro atoms. The van der Waals surface area contributed by atoms with Crippen LogP contribution in [0.25, 0.3) is 10.8 Å². The molecule has 0 aliphatic heterocycles. The highest BCUT2D eigenvalue weighted by molar-refractivity contribution is 7.92. The molecule has 0 saturated heterocycles. The van der Waals surface area contributed by atoms with Crippen molar-refractivity contribution in [2.45, 2.75) is 27.2 Å². The molecule has 0 radical (unpaired) electrons. The Morgan fingerprint density at radius 2 is 2.04 bits per heavy atom. The fourth-order valence-electron chi connectivity index (χ4n) is 2.55. The molecule has 0 bridgehead atoms. The number of thiophene rings is 1. The minimum Gasteiger partial charge on any atom is -0.440 e. The smallest absolute Gasteiger partial charge is 0.236 e. The molecule has 0 aliphatic rings. The zero-order valence-electron chi connectivity index (χ0n) is 15.8. The van der Waals surface area contributed by atoms with E-state index < -0.39 is 10.0 Å². The third kappa shape index (κ3) is 4.79. The fourth-order valence-corrected chi connectivity index (χ4v) is 3.91. The first kappa shape index (κ1) is 20.1. The number of hydrogen-bond donors (Lipinski definition) is 2. The molecule has 1 amide bonds. The van der Waals surface area contributed by atoms with E-state index >= 15 is 0 Å². The monoisotopic (exact) mass is 419 g/mol. The van der Waals surface area contributed by atoms with E-state index in [4.69, 9.17) is 4.42 Å². The van der Waals surface area contributed by atoms with Gasteiger partial charge in [0.05, 0.1) is 28.4 Å². The predicted octanol–water partition coefficient (Wildman–Crippen LogP) is 3.96. The van der Waals surface area contributed by atoms with E-state index in [2.05, 4.69) is 15.0 Å². The van der Waals surface area contributed by atoms with Gasteiger partial charge in [0.1, 0.15) is 5.76 Å². The number of carbonyl (C=O) groups excluding carboxylic acids is 1. The van der Waals surface area contributed by atoms with Crippen molar-refractivity contribution in [2.75, 3.05) is 15.8 Å². The van der Waals surface area contributed by atoms with Crippen molar-refractivity contribution in [1.82, 2.24) is 4.98 Å². The summed E-state index contributed by atoms with van der Waals surface area (Å²) in [5, 5.41) is 4.75. The van der Waals surface area contributed by atoms with Crippen LogP contribution >= 0.6 is 11.3 Å². The lowest BCUT2D eigenvalue weighted by molar-refractivity contribution is -0.115. The molecule has 9 heteroatoms. The molecular formula is C19H21N3O4S2. The molecule has 28 heavy (non-hydrogen) atoms. The van der Waals surface area contributed by atoms with Gasteiger partial charge >= 0.3 is 0 Å². The van der Waals surface area contributed by atoms with Crippen LogP contribution in [0.15, 0.2) is 40.1 Å². The maximum absolute atomic E-state index is 12.4. The van der Waals surface area contributed by atoms with Gasteiger partial charge in [-0.1, -0.05) is 6.07 Å². The summed E-state index contributed by atoms with van der Waals surface area (Å²) >= 11 is 1.52. The largest absolute Gasteiger partial charge is 0.440 e. The molecule has 2 N–H and O–H groups in total. The number of benzene rings is 1. The van der Waals surface area contributed by atoms with Crippen LogP contribution in [0.5, 0.6) is 0 Å². The number of anilines is 2. The highest BCUT2D eigenvalue weighted by Crippen LogP contribution is 2.26. The first-order valence-corrected chi connectivity index (χ1v) is 11.2. The minimum absolute atomic E-state index is 0.00452. The predicted molar refractivity (Wildman–Crippen MR) is 111 cm³/mol. The van der Waals surface area contributed by atoms with Crippen molar-refractivity contribution in [3.63, 3.8) is 0 Å². The SMILES string of the molecule is CCS(=O)(=O)Nc1ccc(NC(=O)Cc2nc(-c3cccs3)oc2C)cc1C. The van der Waals surface area contributed by atoms with Crippen LogP contribution in [0.3, 0.4) is 0 Å². The van der Waals surface area contributed by atoms with E-state index in [9.17, 15) is 13.2 Å². The van der Waals surface area contributed by atoms with Crippen LogP contribution in [0, 0.1) is 13.8 Å². The van der Waals surface area contributed by atoms with Crippen LogP contribution < -0.4 is 10.0 Å². The van der Waals surface area contributed by atoms with Crippen molar-refractivity contribution in [1.29, 1.82) is 0 Å². The Hall–Kier alpha value is -2.65. The van der Waals surface area contributed by atoms with Gasteiger partial charge in [-0.05, 0) is 56.0 Å². The molecule has 0 atom stereocenters. The van der Waals surface area contributed by atoms with Crippen molar-refractivity contribution in [3.05, 3.63) is 52.7 Å². The van der Waals surface area contributed by atoms with Gasteiger partial charge in [-0.3, -0.25) is 9.52 Å². The average Bonchev–Trinajstić information content (AvgIpc) is 3.28. The zero-order valence-corrected chi connectivity index (χ0v) is 17.4. The van der Waals surface area contributed by atoms with Gasteiger partial charge in [0.25, 0.3) is 0 Å². The summed E-state index contributed by atoms with van der Waals surface area (Å²) in [6, 6.07) is 8.84. The Morgan fingerprint density at radius 1 is 1.25 bits per heavy atom. The highest BCUT2D eigenvalue weighted by Gasteiger charge is 2.16. The fraction of sp³-hybridized carbons (Fsp3) is 0.263. The van der Waals surface area contributed by atoms with Crippen LogP contribution in [0.2, 0.25) is 0 Å². The van der Waals surface area contributed by atoms with E-state index in [1.165, 1.54) is 11.3 Å². The maximum Gasteiger partial charge on any atom is 0.236 e. The number of carbonyl (C=O) groups is 1. The molecule has 0 fully saturated rings.